The van der Waals surface area contributed by atoms with Crippen molar-refractivity contribution in [2.75, 3.05) is 23.1 Å². The van der Waals surface area contributed by atoms with Crippen LogP contribution in [0.4, 0.5) is 15.8 Å². The molecule has 2 heterocycles. The Bertz CT molecular complexity index is 1130. The van der Waals surface area contributed by atoms with Gasteiger partial charge in [0.25, 0.3) is 10.0 Å². The molecule has 158 valence electrons. The fourth-order valence-corrected chi connectivity index (χ4v) is 5.52. The summed E-state index contributed by atoms with van der Waals surface area (Å²) in [6, 6.07) is 8.36. The highest BCUT2D eigenvalue weighted by molar-refractivity contribution is 8.01. The summed E-state index contributed by atoms with van der Waals surface area (Å²) in [5, 5.41) is 1.77. The Labute approximate surface area is 178 Å². The Hall–Kier alpha value is -2.59. The minimum absolute atomic E-state index is 0.0764. The minimum atomic E-state index is -3.99. The van der Waals surface area contributed by atoms with Crippen LogP contribution in [0.2, 0.25) is 0 Å². The average Bonchev–Trinajstić information content (AvgIpc) is 3.24. The van der Waals surface area contributed by atoms with Crippen LogP contribution in [0.3, 0.4) is 0 Å². The lowest BCUT2D eigenvalue weighted by molar-refractivity contribution is -0.133. The SMILES string of the molecule is Cc1ccc(NS(=O)(=O)c2ccc3c(c2)NC(=O)[C@@H](C(=O)N2CCCC2)S3)cc1F. The second-order valence-corrected chi connectivity index (χ2v) is 10.1. The zero-order chi connectivity index (χ0) is 21.5. The molecule has 0 radical (unpaired) electrons. The lowest BCUT2D eigenvalue weighted by Gasteiger charge is -2.27. The van der Waals surface area contributed by atoms with E-state index in [-0.39, 0.29) is 16.5 Å². The van der Waals surface area contributed by atoms with E-state index in [0.717, 1.165) is 30.7 Å². The molecular formula is C20H20FN3O4S2. The highest BCUT2D eigenvalue weighted by atomic mass is 32.2. The first kappa shape index (κ1) is 20.7. The van der Waals surface area contributed by atoms with E-state index in [9.17, 15) is 22.4 Å². The molecule has 0 unspecified atom stereocenters. The van der Waals surface area contributed by atoms with E-state index in [1.165, 1.54) is 24.3 Å². The number of carbonyl (C=O) groups excluding carboxylic acids is 2. The van der Waals surface area contributed by atoms with Gasteiger partial charge in [-0.05, 0) is 55.7 Å². The van der Waals surface area contributed by atoms with Crippen molar-refractivity contribution in [3.05, 3.63) is 47.8 Å². The van der Waals surface area contributed by atoms with Crippen LogP contribution in [0.25, 0.3) is 0 Å². The number of rotatable bonds is 4. The lowest BCUT2D eigenvalue weighted by atomic mass is 10.2. The topological polar surface area (TPSA) is 95.6 Å². The van der Waals surface area contributed by atoms with Crippen LogP contribution in [0, 0.1) is 12.7 Å². The monoisotopic (exact) mass is 449 g/mol. The number of halogens is 1. The van der Waals surface area contributed by atoms with Gasteiger partial charge in [0.2, 0.25) is 11.8 Å². The third-order valence-corrected chi connectivity index (χ3v) is 7.71. The molecule has 30 heavy (non-hydrogen) atoms. The maximum Gasteiger partial charge on any atom is 0.261 e. The summed E-state index contributed by atoms with van der Waals surface area (Å²) in [6.45, 7) is 2.89. The molecule has 7 nitrogen and oxygen atoms in total. The number of likely N-dealkylation sites (tertiary alicyclic amines) is 1. The van der Waals surface area contributed by atoms with Crippen molar-refractivity contribution >= 4 is 45.0 Å². The van der Waals surface area contributed by atoms with Gasteiger partial charge >= 0.3 is 0 Å². The summed E-state index contributed by atoms with van der Waals surface area (Å²) < 4.78 is 41.5. The van der Waals surface area contributed by atoms with E-state index in [1.807, 2.05) is 0 Å². The van der Waals surface area contributed by atoms with Crippen LogP contribution in [-0.2, 0) is 19.6 Å². The van der Waals surface area contributed by atoms with Gasteiger partial charge in [-0.2, -0.15) is 0 Å². The third-order valence-electron chi connectivity index (χ3n) is 5.07. The first-order chi connectivity index (χ1) is 14.2. The molecule has 1 atom stereocenters. The molecule has 0 saturated carbocycles. The fraction of sp³-hybridized carbons (Fsp3) is 0.300. The molecule has 0 spiro atoms. The fourth-order valence-electron chi connectivity index (χ4n) is 3.39. The van der Waals surface area contributed by atoms with Crippen molar-refractivity contribution in [3.8, 4) is 0 Å². The van der Waals surface area contributed by atoms with E-state index >= 15 is 0 Å². The molecule has 2 aliphatic heterocycles. The summed E-state index contributed by atoms with van der Waals surface area (Å²) in [7, 11) is -3.99. The Morgan fingerprint density at radius 3 is 2.63 bits per heavy atom. The van der Waals surface area contributed by atoms with Gasteiger partial charge in [-0.3, -0.25) is 14.3 Å². The normalized spacial score (nSPS) is 18.7. The van der Waals surface area contributed by atoms with Gasteiger partial charge in [-0.25, -0.2) is 12.8 Å². The van der Waals surface area contributed by atoms with E-state index < -0.39 is 27.0 Å². The van der Waals surface area contributed by atoms with Crippen LogP contribution in [-0.4, -0.2) is 43.5 Å². The van der Waals surface area contributed by atoms with Crippen LogP contribution in [0.15, 0.2) is 46.2 Å². The molecule has 2 N–H and O–H groups in total. The molecule has 1 saturated heterocycles. The molecule has 2 aromatic rings. The predicted molar refractivity (Wildman–Crippen MR) is 112 cm³/mol. The Balaban J connectivity index is 1.55. The molecule has 10 heteroatoms. The standard InChI is InChI=1S/C20H20FN3O4S2/c1-12-4-5-13(10-15(12)21)23-30(27,28)14-6-7-17-16(11-14)22-19(25)18(29-17)20(26)24-8-2-3-9-24/h4-7,10-11,18,23H,2-3,8-9H2,1H3,(H,22,25)/t18-/m0/s1. The number of benzene rings is 2. The second-order valence-electron chi connectivity index (χ2n) is 7.25. The molecular weight excluding hydrogens is 429 g/mol. The summed E-state index contributed by atoms with van der Waals surface area (Å²) in [5.74, 6) is -1.20. The van der Waals surface area contributed by atoms with Gasteiger partial charge in [-0.1, -0.05) is 6.07 Å². The van der Waals surface area contributed by atoms with E-state index in [4.69, 9.17) is 0 Å². The number of carbonyl (C=O) groups is 2. The van der Waals surface area contributed by atoms with Crippen molar-refractivity contribution < 1.29 is 22.4 Å². The largest absolute Gasteiger partial charge is 0.341 e. The van der Waals surface area contributed by atoms with Gasteiger partial charge in [0.15, 0.2) is 5.25 Å². The van der Waals surface area contributed by atoms with Gasteiger partial charge in [0.1, 0.15) is 5.82 Å². The highest BCUT2D eigenvalue weighted by Gasteiger charge is 2.37. The quantitative estimate of drug-likeness (QED) is 0.700. The summed E-state index contributed by atoms with van der Waals surface area (Å²) in [6.07, 6.45) is 1.86. The molecule has 1 fully saturated rings. The van der Waals surface area contributed by atoms with E-state index in [0.29, 0.717) is 29.2 Å². The van der Waals surface area contributed by atoms with Gasteiger partial charge in [0, 0.05) is 18.0 Å². The number of nitrogens with zero attached hydrogens (tertiary/aromatic N) is 1. The average molecular weight is 450 g/mol. The maximum atomic E-state index is 13.7. The molecule has 0 aliphatic carbocycles. The van der Waals surface area contributed by atoms with E-state index in [2.05, 4.69) is 10.0 Å². The number of hydrogen-bond acceptors (Lipinski definition) is 5. The van der Waals surface area contributed by atoms with Crippen molar-refractivity contribution in [1.82, 2.24) is 4.90 Å². The number of sulfonamides is 1. The zero-order valence-corrected chi connectivity index (χ0v) is 17.8. The van der Waals surface area contributed by atoms with Crippen molar-refractivity contribution in [1.29, 1.82) is 0 Å². The third kappa shape index (κ3) is 4.01. The molecule has 2 aromatic carbocycles. The number of aryl methyl sites for hydroxylation is 1. The van der Waals surface area contributed by atoms with Gasteiger partial charge in [-0.15, -0.1) is 11.8 Å². The number of hydrogen-bond donors (Lipinski definition) is 2. The van der Waals surface area contributed by atoms with Gasteiger partial charge < -0.3 is 10.2 Å². The number of amides is 2. The van der Waals surface area contributed by atoms with Crippen LogP contribution in [0.1, 0.15) is 18.4 Å². The summed E-state index contributed by atoms with van der Waals surface area (Å²) in [4.78, 5) is 27.3. The first-order valence-corrected chi connectivity index (χ1v) is 11.8. The zero-order valence-electron chi connectivity index (χ0n) is 16.1. The van der Waals surface area contributed by atoms with Gasteiger partial charge in [0.05, 0.1) is 16.3 Å². The van der Waals surface area contributed by atoms with Crippen molar-refractivity contribution in [2.45, 2.75) is 34.8 Å². The summed E-state index contributed by atoms with van der Waals surface area (Å²) >= 11 is 1.12. The number of anilines is 2. The number of fused-ring (bicyclic) bond motifs is 1. The van der Waals surface area contributed by atoms with Crippen LogP contribution < -0.4 is 10.0 Å². The molecule has 0 aromatic heterocycles. The van der Waals surface area contributed by atoms with Crippen LogP contribution in [0.5, 0.6) is 0 Å². The predicted octanol–water partition coefficient (Wildman–Crippen LogP) is 2.97. The summed E-state index contributed by atoms with van der Waals surface area (Å²) in [5.41, 5.74) is 0.837. The molecule has 2 aliphatic rings. The highest BCUT2D eigenvalue weighted by Crippen LogP contribution is 2.38. The van der Waals surface area contributed by atoms with Crippen molar-refractivity contribution in [2.24, 2.45) is 0 Å². The number of thioether (sulfide) groups is 1. The smallest absolute Gasteiger partial charge is 0.261 e. The second kappa shape index (κ2) is 7.92. The Kier molecular flexibility index (Phi) is 5.46. The molecule has 4 rings (SSSR count). The van der Waals surface area contributed by atoms with Crippen molar-refractivity contribution in [3.63, 3.8) is 0 Å². The minimum Gasteiger partial charge on any atom is -0.341 e. The Morgan fingerprint density at radius 2 is 1.93 bits per heavy atom. The maximum absolute atomic E-state index is 13.7. The first-order valence-electron chi connectivity index (χ1n) is 9.44. The van der Waals surface area contributed by atoms with Crippen LogP contribution >= 0.6 is 11.8 Å². The Morgan fingerprint density at radius 1 is 1.20 bits per heavy atom. The number of nitrogens with one attached hydrogen (secondary N) is 2. The van der Waals surface area contributed by atoms with E-state index in [1.54, 1.807) is 17.9 Å². The molecule has 0 bridgehead atoms. The molecule has 2 amide bonds. The lowest BCUT2D eigenvalue weighted by Crippen LogP contribution is -2.43.